The number of hydrogen-bond donors (Lipinski definition) is 2. The van der Waals surface area contributed by atoms with Crippen LogP contribution in [0.1, 0.15) is 56.0 Å². The molecule has 2 aromatic carbocycles. The van der Waals surface area contributed by atoms with Gasteiger partial charge in [-0.05, 0) is 70.4 Å². The van der Waals surface area contributed by atoms with Crippen LogP contribution in [-0.2, 0) is 16.6 Å². The van der Waals surface area contributed by atoms with Crippen molar-refractivity contribution in [2.45, 2.75) is 58.1 Å². The van der Waals surface area contributed by atoms with Crippen molar-refractivity contribution in [2.24, 2.45) is 0 Å². The molecular weight excluding hydrogens is 356 g/mol. The van der Waals surface area contributed by atoms with Crippen LogP contribution in [0.5, 0.6) is 0 Å². The van der Waals surface area contributed by atoms with Gasteiger partial charge in [-0.3, -0.25) is 4.21 Å². The number of urea groups is 1. The molecular formula is C22H30N2O2S. The molecule has 2 aromatic rings. The SMILES string of the molecule is Cc1ccc(C)c(C(C)NC(=O)Nc2cccc(CS(=O)C(C)(C)C)c2)c1. The van der Waals surface area contributed by atoms with E-state index in [1.54, 1.807) is 0 Å². The predicted octanol–water partition coefficient (Wildman–Crippen LogP) is 5.23. The molecule has 0 fully saturated rings. The Hall–Kier alpha value is -2.14. The van der Waals surface area contributed by atoms with Crippen LogP contribution in [0.2, 0.25) is 0 Å². The first-order chi connectivity index (χ1) is 12.6. The molecule has 0 saturated heterocycles. The molecule has 2 N–H and O–H groups in total. The molecule has 0 bridgehead atoms. The fraction of sp³-hybridized carbons (Fsp3) is 0.409. The molecule has 0 saturated carbocycles. The summed E-state index contributed by atoms with van der Waals surface area (Å²) in [4.78, 5) is 12.4. The van der Waals surface area contributed by atoms with Crippen molar-refractivity contribution in [2.75, 3.05) is 5.32 Å². The first-order valence-electron chi connectivity index (χ1n) is 9.18. The van der Waals surface area contributed by atoms with Gasteiger partial charge in [0, 0.05) is 27.0 Å². The molecule has 0 aromatic heterocycles. The van der Waals surface area contributed by atoms with Gasteiger partial charge in [0.2, 0.25) is 0 Å². The van der Waals surface area contributed by atoms with Crippen LogP contribution in [0.25, 0.3) is 0 Å². The predicted molar refractivity (Wildman–Crippen MR) is 115 cm³/mol. The largest absolute Gasteiger partial charge is 0.331 e. The Kier molecular flexibility index (Phi) is 6.82. The zero-order chi connectivity index (χ0) is 20.2. The molecule has 0 spiro atoms. The maximum Gasteiger partial charge on any atom is 0.319 e. The van der Waals surface area contributed by atoms with E-state index in [2.05, 4.69) is 28.8 Å². The minimum atomic E-state index is -0.977. The summed E-state index contributed by atoms with van der Waals surface area (Å²) in [5.74, 6) is 0.472. The number of aryl methyl sites for hydroxylation is 2. The topological polar surface area (TPSA) is 58.2 Å². The lowest BCUT2D eigenvalue weighted by Gasteiger charge is -2.19. The van der Waals surface area contributed by atoms with Crippen molar-refractivity contribution in [3.8, 4) is 0 Å². The maximum atomic E-state index is 12.4. The summed E-state index contributed by atoms with van der Waals surface area (Å²) in [6.07, 6.45) is 0. The van der Waals surface area contributed by atoms with Crippen molar-refractivity contribution in [1.82, 2.24) is 5.32 Å². The Labute approximate surface area is 165 Å². The monoisotopic (exact) mass is 386 g/mol. The number of carbonyl (C=O) groups is 1. The molecule has 0 heterocycles. The highest BCUT2D eigenvalue weighted by Crippen LogP contribution is 2.20. The summed E-state index contributed by atoms with van der Waals surface area (Å²) >= 11 is 0. The summed E-state index contributed by atoms with van der Waals surface area (Å²) in [5.41, 5.74) is 5.08. The van der Waals surface area contributed by atoms with Gasteiger partial charge in [0.05, 0.1) is 6.04 Å². The van der Waals surface area contributed by atoms with E-state index in [4.69, 9.17) is 0 Å². The van der Waals surface area contributed by atoms with Crippen molar-refractivity contribution < 1.29 is 9.00 Å². The van der Waals surface area contributed by atoms with E-state index >= 15 is 0 Å². The summed E-state index contributed by atoms with van der Waals surface area (Å²) in [6, 6.07) is 13.4. The quantitative estimate of drug-likeness (QED) is 0.739. The maximum absolute atomic E-state index is 12.4. The van der Waals surface area contributed by atoms with Crippen molar-refractivity contribution in [1.29, 1.82) is 0 Å². The van der Waals surface area contributed by atoms with Gasteiger partial charge in [-0.25, -0.2) is 4.79 Å². The van der Waals surface area contributed by atoms with E-state index in [1.807, 2.05) is 65.8 Å². The lowest BCUT2D eigenvalue weighted by atomic mass is 10.0. The number of benzene rings is 2. The second-order valence-corrected chi connectivity index (χ2v) is 10.2. The number of rotatable bonds is 5. The Bertz CT molecular complexity index is 840. The van der Waals surface area contributed by atoms with Gasteiger partial charge in [0.1, 0.15) is 0 Å². The summed E-state index contributed by atoms with van der Waals surface area (Å²) in [5, 5.41) is 5.87. The molecule has 5 heteroatoms. The van der Waals surface area contributed by atoms with Gasteiger partial charge in [0.25, 0.3) is 0 Å². The third-order valence-corrected chi connectivity index (χ3v) is 6.38. The average Bonchev–Trinajstić information content (AvgIpc) is 2.56. The van der Waals surface area contributed by atoms with E-state index in [0.29, 0.717) is 11.4 Å². The third-order valence-electron chi connectivity index (χ3n) is 4.41. The number of anilines is 1. The van der Waals surface area contributed by atoms with E-state index < -0.39 is 10.8 Å². The Morgan fingerprint density at radius 3 is 2.48 bits per heavy atom. The number of hydrogen-bond acceptors (Lipinski definition) is 2. The average molecular weight is 387 g/mol. The molecule has 0 radical (unpaired) electrons. The van der Waals surface area contributed by atoms with E-state index in [9.17, 15) is 9.00 Å². The molecule has 0 aliphatic heterocycles. The van der Waals surface area contributed by atoms with Gasteiger partial charge in [-0.1, -0.05) is 35.9 Å². The molecule has 2 atom stereocenters. The standard InChI is InChI=1S/C22H30N2O2S/c1-15-10-11-16(2)20(12-15)17(3)23-21(25)24-19-9-7-8-18(13-19)14-27(26)22(4,5)6/h7-13,17H,14H2,1-6H3,(H2,23,24,25). The second-order valence-electron chi connectivity index (χ2n) is 7.98. The second kappa shape index (κ2) is 8.70. The Morgan fingerprint density at radius 1 is 1.11 bits per heavy atom. The smallest absolute Gasteiger partial charge is 0.319 e. The van der Waals surface area contributed by atoms with E-state index in [-0.39, 0.29) is 16.8 Å². The molecule has 2 unspecified atom stereocenters. The highest BCUT2D eigenvalue weighted by atomic mass is 32.2. The van der Waals surface area contributed by atoms with Crippen LogP contribution >= 0.6 is 0 Å². The van der Waals surface area contributed by atoms with E-state index in [0.717, 1.165) is 16.7 Å². The molecule has 146 valence electrons. The van der Waals surface area contributed by atoms with Crippen molar-refractivity contribution in [3.05, 3.63) is 64.7 Å². The first kappa shape index (κ1) is 21.2. The molecule has 27 heavy (non-hydrogen) atoms. The van der Waals surface area contributed by atoms with Crippen LogP contribution in [0, 0.1) is 13.8 Å². The highest BCUT2D eigenvalue weighted by Gasteiger charge is 2.19. The highest BCUT2D eigenvalue weighted by molar-refractivity contribution is 7.85. The van der Waals surface area contributed by atoms with Gasteiger partial charge in [-0.15, -0.1) is 0 Å². The zero-order valence-corrected chi connectivity index (χ0v) is 17.9. The molecule has 2 rings (SSSR count). The lowest BCUT2D eigenvalue weighted by molar-refractivity contribution is 0.249. The van der Waals surface area contributed by atoms with Gasteiger partial charge in [-0.2, -0.15) is 0 Å². The van der Waals surface area contributed by atoms with E-state index in [1.165, 1.54) is 5.56 Å². The fourth-order valence-corrected chi connectivity index (χ4v) is 3.69. The zero-order valence-electron chi connectivity index (χ0n) is 17.1. The van der Waals surface area contributed by atoms with Gasteiger partial charge < -0.3 is 10.6 Å². The third kappa shape index (κ3) is 6.21. The Morgan fingerprint density at radius 2 is 1.81 bits per heavy atom. The lowest BCUT2D eigenvalue weighted by Crippen LogP contribution is -2.31. The first-order valence-corrected chi connectivity index (χ1v) is 10.5. The van der Waals surface area contributed by atoms with Crippen LogP contribution < -0.4 is 10.6 Å². The van der Waals surface area contributed by atoms with Crippen LogP contribution in [0.15, 0.2) is 42.5 Å². The summed E-state index contributed by atoms with van der Waals surface area (Å²) in [6.45, 7) is 12.0. The molecule has 0 aliphatic carbocycles. The normalized spacial score (nSPS) is 13.7. The van der Waals surface area contributed by atoms with Crippen molar-refractivity contribution >= 4 is 22.5 Å². The summed E-state index contributed by atoms with van der Waals surface area (Å²) < 4.78 is 12.1. The van der Waals surface area contributed by atoms with Crippen LogP contribution in [0.3, 0.4) is 0 Å². The fourth-order valence-electron chi connectivity index (χ4n) is 2.77. The molecule has 0 aliphatic rings. The molecule has 4 nitrogen and oxygen atoms in total. The molecule has 2 amide bonds. The van der Waals surface area contributed by atoms with Crippen LogP contribution in [-0.4, -0.2) is 15.0 Å². The van der Waals surface area contributed by atoms with Crippen molar-refractivity contribution in [3.63, 3.8) is 0 Å². The van der Waals surface area contributed by atoms with Gasteiger partial charge >= 0.3 is 6.03 Å². The van der Waals surface area contributed by atoms with Gasteiger partial charge in [0.15, 0.2) is 0 Å². The number of amides is 2. The van der Waals surface area contributed by atoms with Crippen LogP contribution in [0.4, 0.5) is 10.5 Å². The minimum Gasteiger partial charge on any atom is -0.331 e. The minimum absolute atomic E-state index is 0.0959. The summed E-state index contributed by atoms with van der Waals surface area (Å²) in [7, 11) is -0.977. The number of nitrogens with one attached hydrogen (secondary N) is 2. The number of carbonyl (C=O) groups excluding carboxylic acids is 1. The Balaban J connectivity index is 2.02.